The predicted molar refractivity (Wildman–Crippen MR) is 81.5 cm³/mol. The molecule has 0 radical (unpaired) electrons. The van der Waals surface area contributed by atoms with Crippen molar-refractivity contribution in [2.24, 2.45) is 0 Å². The van der Waals surface area contributed by atoms with Crippen molar-refractivity contribution in [2.45, 2.75) is 0 Å². The Morgan fingerprint density at radius 1 is 1.18 bits per heavy atom. The zero-order valence-corrected chi connectivity index (χ0v) is 11.7. The lowest BCUT2D eigenvalue weighted by atomic mass is 10.2. The third-order valence-corrected chi connectivity index (χ3v) is 3.39. The Labute approximate surface area is 126 Å². The van der Waals surface area contributed by atoms with Crippen LogP contribution in [-0.2, 0) is 0 Å². The molecule has 1 aliphatic heterocycles. The Balaban J connectivity index is 1.80. The van der Waals surface area contributed by atoms with Crippen LogP contribution in [0.5, 0.6) is 0 Å². The lowest BCUT2D eigenvalue weighted by Crippen LogP contribution is -2.27. The second kappa shape index (κ2) is 5.85. The smallest absolute Gasteiger partial charge is 0.321 e. The van der Waals surface area contributed by atoms with Gasteiger partial charge in [-0.25, -0.2) is 9.18 Å². The van der Waals surface area contributed by atoms with Crippen LogP contribution in [-0.4, -0.2) is 25.0 Å². The summed E-state index contributed by atoms with van der Waals surface area (Å²) in [5.41, 5.74) is 1.17. The van der Waals surface area contributed by atoms with Crippen LogP contribution in [0.4, 0.5) is 20.6 Å². The quantitative estimate of drug-likeness (QED) is 0.915. The molecule has 0 saturated carbocycles. The van der Waals surface area contributed by atoms with Crippen molar-refractivity contribution in [3.8, 4) is 0 Å². The Hall–Kier alpha value is -2.89. The first-order valence-electron chi connectivity index (χ1n) is 6.86. The highest BCUT2D eigenvalue weighted by molar-refractivity contribution is 6.05. The normalized spacial score (nSPS) is 13.9. The van der Waals surface area contributed by atoms with E-state index in [1.54, 1.807) is 35.2 Å². The molecule has 5 nitrogen and oxygen atoms in total. The van der Waals surface area contributed by atoms with E-state index in [2.05, 4.69) is 10.6 Å². The van der Waals surface area contributed by atoms with Crippen LogP contribution in [0.3, 0.4) is 0 Å². The van der Waals surface area contributed by atoms with Gasteiger partial charge in [0, 0.05) is 24.5 Å². The number of nitrogens with one attached hydrogen (secondary N) is 2. The van der Waals surface area contributed by atoms with E-state index in [4.69, 9.17) is 0 Å². The second-order valence-corrected chi connectivity index (χ2v) is 4.87. The van der Waals surface area contributed by atoms with Gasteiger partial charge in [-0.15, -0.1) is 0 Å². The summed E-state index contributed by atoms with van der Waals surface area (Å²) in [6.45, 7) is 1.16. The molecule has 0 atom stereocenters. The average Bonchev–Trinajstić information content (AvgIpc) is 2.94. The number of nitrogens with zero attached hydrogens (tertiary/aromatic N) is 1. The van der Waals surface area contributed by atoms with Crippen molar-refractivity contribution in [3.05, 3.63) is 59.9 Å². The molecule has 0 bridgehead atoms. The van der Waals surface area contributed by atoms with Gasteiger partial charge in [-0.05, 0) is 30.3 Å². The molecule has 112 valence electrons. The molecule has 0 spiro atoms. The minimum Gasteiger partial charge on any atom is -0.336 e. The van der Waals surface area contributed by atoms with E-state index in [1.807, 2.05) is 0 Å². The van der Waals surface area contributed by atoms with Crippen LogP contribution in [0.2, 0.25) is 0 Å². The van der Waals surface area contributed by atoms with Gasteiger partial charge in [-0.1, -0.05) is 18.2 Å². The number of hydrogen-bond acceptors (Lipinski definition) is 2. The molecule has 1 saturated heterocycles. The lowest BCUT2D eigenvalue weighted by molar-refractivity contribution is 0.102. The number of anilines is 2. The fraction of sp³-hybridized carbons (Fsp3) is 0.125. The molecule has 22 heavy (non-hydrogen) atoms. The van der Waals surface area contributed by atoms with E-state index in [0.717, 1.165) is 0 Å². The number of amides is 3. The monoisotopic (exact) mass is 299 g/mol. The summed E-state index contributed by atoms with van der Waals surface area (Å²) in [5.74, 6) is -1.10. The van der Waals surface area contributed by atoms with Gasteiger partial charge in [0.25, 0.3) is 5.91 Å². The van der Waals surface area contributed by atoms with Gasteiger partial charge in [0.2, 0.25) is 0 Å². The molecule has 0 aromatic heterocycles. The van der Waals surface area contributed by atoms with Crippen LogP contribution in [0.1, 0.15) is 10.4 Å². The topological polar surface area (TPSA) is 61.4 Å². The van der Waals surface area contributed by atoms with Crippen molar-refractivity contribution in [1.82, 2.24) is 5.32 Å². The highest BCUT2D eigenvalue weighted by Gasteiger charge is 2.21. The summed E-state index contributed by atoms with van der Waals surface area (Å²) < 4.78 is 13.6. The van der Waals surface area contributed by atoms with Crippen molar-refractivity contribution < 1.29 is 14.0 Å². The molecule has 2 aromatic rings. The van der Waals surface area contributed by atoms with E-state index in [9.17, 15) is 14.0 Å². The minimum atomic E-state index is -0.574. The SMILES string of the molecule is O=C(Nc1cccc(N2CCNC2=O)c1)c1ccccc1F. The third kappa shape index (κ3) is 2.76. The van der Waals surface area contributed by atoms with Crippen LogP contribution in [0.25, 0.3) is 0 Å². The van der Waals surface area contributed by atoms with Gasteiger partial charge in [-0.3, -0.25) is 9.69 Å². The van der Waals surface area contributed by atoms with Gasteiger partial charge in [0.1, 0.15) is 5.82 Å². The molecule has 2 aromatic carbocycles. The minimum absolute atomic E-state index is 0.0215. The molecule has 3 amide bonds. The zero-order chi connectivity index (χ0) is 15.5. The third-order valence-electron chi connectivity index (χ3n) is 3.39. The second-order valence-electron chi connectivity index (χ2n) is 4.87. The molecular weight excluding hydrogens is 285 g/mol. The number of urea groups is 1. The fourth-order valence-electron chi connectivity index (χ4n) is 2.31. The largest absolute Gasteiger partial charge is 0.336 e. The van der Waals surface area contributed by atoms with Gasteiger partial charge < -0.3 is 10.6 Å². The van der Waals surface area contributed by atoms with E-state index in [0.29, 0.717) is 24.5 Å². The highest BCUT2D eigenvalue weighted by atomic mass is 19.1. The van der Waals surface area contributed by atoms with E-state index >= 15 is 0 Å². The summed E-state index contributed by atoms with van der Waals surface area (Å²) in [7, 11) is 0. The highest BCUT2D eigenvalue weighted by Crippen LogP contribution is 2.21. The Kier molecular flexibility index (Phi) is 3.74. The van der Waals surface area contributed by atoms with Crippen LogP contribution in [0, 0.1) is 5.82 Å². The van der Waals surface area contributed by atoms with Crippen molar-refractivity contribution in [2.75, 3.05) is 23.3 Å². The number of rotatable bonds is 3. The van der Waals surface area contributed by atoms with Crippen LogP contribution in [0.15, 0.2) is 48.5 Å². The van der Waals surface area contributed by atoms with E-state index < -0.39 is 11.7 Å². The standard InChI is InChI=1S/C16H14FN3O2/c17-14-7-2-1-6-13(14)15(21)19-11-4-3-5-12(10-11)20-9-8-18-16(20)22/h1-7,10H,8-9H2,(H,18,22)(H,19,21). The number of carbonyl (C=O) groups excluding carboxylic acids is 2. The van der Waals surface area contributed by atoms with Crippen molar-refractivity contribution >= 4 is 23.3 Å². The lowest BCUT2D eigenvalue weighted by Gasteiger charge is -2.15. The van der Waals surface area contributed by atoms with Crippen molar-refractivity contribution in [3.63, 3.8) is 0 Å². The molecule has 1 aliphatic rings. The maximum absolute atomic E-state index is 13.6. The number of carbonyl (C=O) groups is 2. The molecule has 2 N–H and O–H groups in total. The summed E-state index contributed by atoms with van der Waals surface area (Å²) in [6, 6.07) is 12.5. The van der Waals surface area contributed by atoms with Crippen LogP contribution >= 0.6 is 0 Å². The number of benzene rings is 2. The summed E-state index contributed by atoms with van der Waals surface area (Å²) in [6.07, 6.45) is 0. The molecule has 3 rings (SSSR count). The number of halogens is 1. The van der Waals surface area contributed by atoms with Gasteiger partial charge in [0.05, 0.1) is 5.56 Å². The van der Waals surface area contributed by atoms with Gasteiger partial charge in [0.15, 0.2) is 0 Å². The first kappa shape index (κ1) is 14.1. The average molecular weight is 299 g/mol. The number of hydrogen-bond donors (Lipinski definition) is 2. The summed E-state index contributed by atoms with van der Waals surface area (Å²) in [4.78, 5) is 25.3. The molecule has 6 heteroatoms. The molecule has 1 fully saturated rings. The zero-order valence-electron chi connectivity index (χ0n) is 11.7. The van der Waals surface area contributed by atoms with Crippen LogP contribution < -0.4 is 15.5 Å². The van der Waals surface area contributed by atoms with E-state index in [1.165, 1.54) is 18.2 Å². The van der Waals surface area contributed by atoms with E-state index in [-0.39, 0.29) is 11.6 Å². The molecule has 0 aliphatic carbocycles. The maximum Gasteiger partial charge on any atom is 0.321 e. The Morgan fingerprint density at radius 2 is 2.00 bits per heavy atom. The first-order chi connectivity index (χ1) is 10.6. The van der Waals surface area contributed by atoms with Gasteiger partial charge in [-0.2, -0.15) is 0 Å². The Bertz CT molecular complexity index is 733. The molecular formula is C16H14FN3O2. The predicted octanol–water partition coefficient (Wildman–Crippen LogP) is 2.61. The summed E-state index contributed by atoms with van der Waals surface area (Å²) in [5, 5.41) is 5.35. The fourth-order valence-corrected chi connectivity index (χ4v) is 2.31. The summed E-state index contributed by atoms with van der Waals surface area (Å²) >= 11 is 0. The maximum atomic E-state index is 13.6. The Morgan fingerprint density at radius 3 is 2.73 bits per heavy atom. The molecule has 0 unspecified atom stereocenters. The van der Waals surface area contributed by atoms with Crippen molar-refractivity contribution in [1.29, 1.82) is 0 Å². The van der Waals surface area contributed by atoms with Gasteiger partial charge >= 0.3 is 6.03 Å². The molecule has 1 heterocycles. The first-order valence-corrected chi connectivity index (χ1v) is 6.86.